The molecule has 1 aliphatic heterocycles. The summed E-state index contributed by atoms with van der Waals surface area (Å²) in [6, 6.07) is 2.84. The summed E-state index contributed by atoms with van der Waals surface area (Å²) in [5.41, 5.74) is 0. The maximum atomic E-state index is 5.40. The predicted molar refractivity (Wildman–Crippen MR) is 93.2 cm³/mol. The van der Waals surface area contributed by atoms with Crippen LogP contribution in [0.5, 0.6) is 0 Å². The Kier molecular flexibility index (Phi) is 10.5. The van der Waals surface area contributed by atoms with E-state index in [-0.39, 0.29) is 0 Å². The van der Waals surface area contributed by atoms with Gasteiger partial charge in [-0.25, -0.2) is 9.98 Å². The van der Waals surface area contributed by atoms with Crippen LogP contribution in [-0.4, -0.2) is 67.9 Å². The highest BCUT2D eigenvalue weighted by atomic mass is 127. The van der Waals surface area contributed by atoms with E-state index in [1.54, 1.807) is 0 Å². The molecule has 20 heavy (non-hydrogen) atoms. The summed E-state index contributed by atoms with van der Waals surface area (Å²) in [7, 11) is 2.32. The number of morpholine rings is 1. The third-order valence-corrected chi connectivity index (χ3v) is 4.58. The Morgan fingerprint density at radius 1 is 1.00 bits per heavy atom. The molecule has 4 nitrogen and oxygen atoms in total. The standard InChI is InChI=1S/C15H29IN3O/c1-19(11-13-20-14-12-19)10-6-9-18-15-17-8-5-3-2-4-7-16/h2-14H2,1H3/q+1. The van der Waals surface area contributed by atoms with Crippen LogP contribution < -0.4 is 0 Å². The molecule has 1 heterocycles. The van der Waals surface area contributed by atoms with Crippen molar-refractivity contribution < 1.29 is 9.22 Å². The van der Waals surface area contributed by atoms with Crippen LogP contribution in [0, 0.1) is 0 Å². The Bertz CT molecular complexity index is 297. The van der Waals surface area contributed by atoms with Gasteiger partial charge in [0.2, 0.25) is 0 Å². The van der Waals surface area contributed by atoms with Crippen molar-refractivity contribution >= 4 is 28.6 Å². The highest BCUT2D eigenvalue weighted by Crippen LogP contribution is 2.08. The number of nitrogens with zero attached hydrogens (tertiary/aromatic N) is 3. The molecule has 0 aliphatic carbocycles. The molecule has 0 aromatic heterocycles. The van der Waals surface area contributed by atoms with E-state index in [1.807, 2.05) is 0 Å². The lowest BCUT2D eigenvalue weighted by molar-refractivity contribution is -0.916. The lowest BCUT2D eigenvalue weighted by Gasteiger charge is -2.37. The summed E-state index contributed by atoms with van der Waals surface area (Å²) < 4.78 is 7.80. The fraction of sp³-hybridized carbons (Fsp3) is 0.933. The highest BCUT2D eigenvalue weighted by molar-refractivity contribution is 14.1. The molecule has 0 amide bonds. The lowest BCUT2D eigenvalue weighted by Crippen LogP contribution is -2.52. The summed E-state index contributed by atoms with van der Waals surface area (Å²) in [6.45, 7) is 7.00. The third-order valence-electron chi connectivity index (χ3n) is 3.81. The van der Waals surface area contributed by atoms with E-state index in [0.717, 1.165) is 50.3 Å². The highest BCUT2D eigenvalue weighted by Gasteiger charge is 2.23. The monoisotopic (exact) mass is 394 g/mol. The molecule has 0 unspecified atom stereocenters. The quantitative estimate of drug-likeness (QED) is 0.184. The molecule has 0 radical (unpaired) electrons. The second kappa shape index (κ2) is 11.7. The summed E-state index contributed by atoms with van der Waals surface area (Å²) in [6.07, 6.45) is 6.24. The molecule has 116 valence electrons. The molecule has 0 spiro atoms. The maximum absolute atomic E-state index is 5.40. The molecule has 1 aliphatic rings. The minimum atomic E-state index is 0.854. The van der Waals surface area contributed by atoms with Crippen LogP contribution >= 0.6 is 22.6 Å². The van der Waals surface area contributed by atoms with Crippen LogP contribution in [0.1, 0.15) is 32.1 Å². The molecule has 5 heteroatoms. The molecule has 0 aromatic carbocycles. The van der Waals surface area contributed by atoms with Gasteiger partial charge in [0.25, 0.3) is 0 Å². The van der Waals surface area contributed by atoms with Crippen molar-refractivity contribution in [3.8, 4) is 0 Å². The van der Waals surface area contributed by atoms with Crippen molar-refractivity contribution in [1.29, 1.82) is 0 Å². The first-order valence-corrected chi connectivity index (χ1v) is 9.35. The van der Waals surface area contributed by atoms with Gasteiger partial charge < -0.3 is 9.22 Å². The van der Waals surface area contributed by atoms with Crippen molar-refractivity contribution in [2.24, 2.45) is 9.98 Å². The van der Waals surface area contributed by atoms with E-state index >= 15 is 0 Å². The minimum absolute atomic E-state index is 0.854. The molecule has 0 aromatic rings. The van der Waals surface area contributed by atoms with Crippen LogP contribution in [-0.2, 0) is 4.74 Å². The Balaban J connectivity index is 1.98. The molecule has 0 bridgehead atoms. The molecule has 1 rings (SSSR count). The number of likely N-dealkylation sites (N-methyl/N-ethyl adjacent to an activating group) is 1. The summed E-state index contributed by atoms with van der Waals surface area (Å²) in [5, 5.41) is 0. The van der Waals surface area contributed by atoms with Gasteiger partial charge in [0.15, 0.2) is 0 Å². The van der Waals surface area contributed by atoms with Crippen LogP contribution in [0.4, 0.5) is 0 Å². The number of alkyl halides is 1. The summed E-state index contributed by atoms with van der Waals surface area (Å²) >= 11 is 2.43. The van der Waals surface area contributed by atoms with E-state index in [4.69, 9.17) is 4.74 Å². The summed E-state index contributed by atoms with van der Waals surface area (Å²) in [4.78, 5) is 8.49. The molecular weight excluding hydrogens is 365 g/mol. The zero-order chi connectivity index (χ0) is 14.5. The van der Waals surface area contributed by atoms with Gasteiger partial charge in [-0.1, -0.05) is 35.4 Å². The average Bonchev–Trinajstić information content (AvgIpc) is 2.45. The molecule has 1 saturated heterocycles. The van der Waals surface area contributed by atoms with Crippen molar-refractivity contribution in [3.05, 3.63) is 0 Å². The second-order valence-electron chi connectivity index (χ2n) is 5.72. The predicted octanol–water partition coefficient (Wildman–Crippen LogP) is 3.02. The molecule has 0 saturated carbocycles. The van der Waals surface area contributed by atoms with Gasteiger partial charge in [-0.15, -0.1) is 0 Å². The molecule has 0 atom stereocenters. The maximum Gasteiger partial charge on any atom is 0.102 e. The Hall–Kier alpha value is 0.0300. The first kappa shape index (κ1) is 18.1. The smallest absolute Gasteiger partial charge is 0.102 e. The van der Waals surface area contributed by atoms with Crippen LogP contribution in [0.25, 0.3) is 0 Å². The first-order chi connectivity index (χ1) is 9.77. The SMILES string of the molecule is C[N+]1(CCCN=C=NCCCCCCI)CCOCC1. The number of aliphatic imine (C=N–C) groups is 2. The number of unbranched alkanes of at least 4 members (excludes halogenated alkanes) is 3. The normalized spacial score (nSPS) is 17.5. The van der Waals surface area contributed by atoms with E-state index in [9.17, 15) is 0 Å². The minimum Gasteiger partial charge on any atom is -0.370 e. The summed E-state index contributed by atoms with van der Waals surface area (Å²) in [5.74, 6) is 0. The van der Waals surface area contributed by atoms with Gasteiger partial charge in [0, 0.05) is 13.0 Å². The Morgan fingerprint density at radius 2 is 1.65 bits per heavy atom. The first-order valence-electron chi connectivity index (χ1n) is 7.82. The Morgan fingerprint density at radius 3 is 2.35 bits per heavy atom. The van der Waals surface area contributed by atoms with Crippen molar-refractivity contribution in [2.75, 3.05) is 57.4 Å². The Labute approximate surface area is 137 Å². The largest absolute Gasteiger partial charge is 0.370 e. The zero-order valence-electron chi connectivity index (χ0n) is 12.8. The van der Waals surface area contributed by atoms with Crippen LogP contribution in [0.3, 0.4) is 0 Å². The van der Waals surface area contributed by atoms with E-state index in [2.05, 4.69) is 45.6 Å². The van der Waals surface area contributed by atoms with Gasteiger partial charge in [0.1, 0.15) is 13.1 Å². The molecular formula is C15H29IN3O+. The van der Waals surface area contributed by atoms with Crippen molar-refractivity contribution in [3.63, 3.8) is 0 Å². The second-order valence-corrected chi connectivity index (χ2v) is 6.80. The van der Waals surface area contributed by atoms with Gasteiger partial charge in [-0.2, -0.15) is 0 Å². The fourth-order valence-corrected chi connectivity index (χ4v) is 2.87. The number of hydrogen-bond donors (Lipinski definition) is 0. The topological polar surface area (TPSA) is 34.0 Å². The van der Waals surface area contributed by atoms with E-state index < -0.39 is 0 Å². The number of quaternary nitrogens is 1. The molecule has 0 N–H and O–H groups in total. The number of ether oxygens (including phenoxy) is 1. The van der Waals surface area contributed by atoms with Crippen molar-refractivity contribution in [1.82, 2.24) is 0 Å². The van der Waals surface area contributed by atoms with Crippen LogP contribution in [0.15, 0.2) is 9.98 Å². The average molecular weight is 394 g/mol. The number of rotatable bonds is 10. The lowest BCUT2D eigenvalue weighted by atomic mass is 10.2. The van der Waals surface area contributed by atoms with Crippen LogP contribution in [0.2, 0.25) is 0 Å². The van der Waals surface area contributed by atoms with E-state index in [0.29, 0.717) is 0 Å². The molecule has 1 fully saturated rings. The number of hydrogen-bond acceptors (Lipinski definition) is 3. The van der Waals surface area contributed by atoms with Crippen molar-refractivity contribution in [2.45, 2.75) is 32.1 Å². The van der Waals surface area contributed by atoms with Gasteiger partial charge >= 0.3 is 0 Å². The number of halogens is 1. The fourth-order valence-electron chi connectivity index (χ4n) is 2.33. The van der Waals surface area contributed by atoms with Gasteiger partial charge in [-0.05, 0) is 17.3 Å². The zero-order valence-corrected chi connectivity index (χ0v) is 15.0. The third kappa shape index (κ3) is 9.06. The van der Waals surface area contributed by atoms with Gasteiger partial charge in [0.05, 0.1) is 39.4 Å². The van der Waals surface area contributed by atoms with E-state index in [1.165, 1.54) is 36.7 Å². The van der Waals surface area contributed by atoms with Gasteiger partial charge in [-0.3, -0.25) is 0 Å².